The molecule has 4 heteroatoms. The van der Waals surface area contributed by atoms with Gasteiger partial charge < -0.3 is 14.8 Å². The summed E-state index contributed by atoms with van der Waals surface area (Å²) in [7, 11) is 0. The molecule has 0 saturated heterocycles. The van der Waals surface area contributed by atoms with E-state index in [1.807, 2.05) is 39.0 Å². The number of hydrogen-bond acceptors (Lipinski definition) is 3. The molecule has 0 aliphatic heterocycles. The van der Waals surface area contributed by atoms with Gasteiger partial charge >= 0.3 is 0 Å². The van der Waals surface area contributed by atoms with E-state index in [1.165, 1.54) is 0 Å². The first-order chi connectivity index (χ1) is 10.5. The molecule has 1 atom stereocenters. The van der Waals surface area contributed by atoms with E-state index in [-0.39, 0.29) is 11.9 Å². The van der Waals surface area contributed by atoms with Crippen LogP contribution in [0.15, 0.2) is 24.3 Å². The minimum atomic E-state index is -0.0898. The monoisotopic (exact) mass is 305 g/mol. The molecule has 0 bridgehead atoms. The van der Waals surface area contributed by atoms with Crippen LogP contribution in [0.3, 0.4) is 0 Å². The summed E-state index contributed by atoms with van der Waals surface area (Å²) in [5.74, 6) is 1.74. The number of nitrogens with one attached hydrogen (secondary N) is 1. The standard InChI is InChI=1S/C18H27NO3/c1-6-21-16-10-8-15(12-17(16)22-7-2)9-11-18(20)19-14(5)13(3)4/h8-14H,6-7H2,1-5H3,(H,19,20)/b11-9+. The molecule has 0 fully saturated rings. The number of carbonyl (C=O) groups is 1. The lowest BCUT2D eigenvalue weighted by Crippen LogP contribution is -2.34. The highest BCUT2D eigenvalue weighted by molar-refractivity contribution is 5.92. The van der Waals surface area contributed by atoms with Crippen LogP contribution in [0.1, 0.15) is 40.2 Å². The van der Waals surface area contributed by atoms with Gasteiger partial charge in [-0.1, -0.05) is 19.9 Å². The Bertz CT molecular complexity index is 509. The van der Waals surface area contributed by atoms with Crippen LogP contribution < -0.4 is 14.8 Å². The summed E-state index contributed by atoms with van der Waals surface area (Å²) in [6, 6.07) is 5.80. The Labute approximate surface area is 133 Å². The zero-order chi connectivity index (χ0) is 16.5. The first-order valence-electron chi connectivity index (χ1n) is 7.86. The van der Waals surface area contributed by atoms with Gasteiger partial charge in [-0.05, 0) is 50.5 Å². The smallest absolute Gasteiger partial charge is 0.244 e. The molecular formula is C18H27NO3. The van der Waals surface area contributed by atoms with E-state index < -0.39 is 0 Å². The van der Waals surface area contributed by atoms with Gasteiger partial charge in [-0.2, -0.15) is 0 Å². The van der Waals surface area contributed by atoms with Crippen molar-refractivity contribution in [1.82, 2.24) is 5.32 Å². The summed E-state index contributed by atoms with van der Waals surface area (Å²) in [6.07, 6.45) is 3.32. The normalized spacial score (nSPS) is 12.5. The molecule has 22 heavy (non-hydrogen) atoms. The highest BCUT2D eigenvalue weighted by atomic mass is 16.5. The van der Waals surface area contributed by atoms with Gasteiger partial charge in [0.05, 0.1) is 13.2 Å². The van der Waals surface area contributed by atoms with Crippen LogP contribution in [0.4, 0.5) is 0 Å². The Hall–Kier alpha value is -1.97. The van der Waals surface area contributed by atoms with Crippen molar-refractivity contribution in [3.05, 3.63) is 29.8 Å². The molecule has 0 aliphatic rings. The summed E-state index contributed by atoms with van der Waals surface area (Å²) in [6.45, 7) is 11.2. The SMILES string of the molecule is CCOc1ccc(/C=C/C(=O)NC(C)C(C)C)cc1OCC. The fraction of sp³-hybridized carbons (Fsp3) is 0.500. The average Bonchev–Trinajstić information content (AvgIpc) is 2.47. The van der Waals surface area contributed by atoms with Gasteiger partial charge in [-0.15, -0.1) is 0 Å². The maximum Gasteiger partial charge on any atom is 0.244 e. The number of amides is 1. The second-order valence-corrected chi connectivity index (χ2v) is 5.45. The van der Waals surface area contributed by atoms with E-state index >= 15 is 0 Å². The number of benzene rings is 1. The third-order valence-corrected chi connectivity index (χ3v) is 3.36. The molecule has 1 rings (SSSR count). The Balaban J connectivity index is 2.78. The molecule has 0 aromatic heterocycles. The Morgan fingerprint density at radius 1 is 1.14 bits per heavy atom. The average molecular weight is 305 g/mol. The Morgan fingerprint density at radius 2 is 1.77 bits per heavy atom. The zero-order valence-electron chi connectivity index (χ0n) is 14.2. The largest absolute Gasteiger partial charge is 0.490 e. The van der Waals surface area contributed by atoms with E-state index in [9.17, 15) is 4.79 Å². The predicted octanol–water partition coefficient (Wildman–Crippen LogP) is 3.66. The van der Waals surface area contributed by atoms with Crippen LogP contribution in [-0.4, -0.2) is 25.2 Å². The molecule has 0 aliphatic carbocycles. The molecule has 4 nitrogen and oxygen atoms in total. The van der Waals surface area contributed by atoms with Crippen molar-refractivity contribution < 1.29 is 14.3 Å². The number of ether oxygens (including phenoxy) is 2. The van der Waals surface area contributed by atoms with Crippen LogP contribution >= 0.6 is 0 Å². The molecule has 0 spiro atoms. The van der Waals surface area contributed by atoms with Crippen LogP contribution in [0.25, 0.3) is 6.08 Å². The van der Waals surface area contributed by atoms with E-state index in [4.69, 9.17) is 9.47 Å². The van der Waals surface area contributed by atoms with Gasteiger partial charge in [0.25, 0.3) is 0 Å². The topological polar surface area (TPSA) is 47.6 Å². The third-order valence-electron chi connectivity index (χ3n) is 3.36. The summed E-state index contributed by atoms with van der Waals surface area (Å²) in [4.78, 5) is 11.9. The van der Waals surface area contributed by atoms with Gasteiger partial charge in [0, 0.05) is 12.1 Å². The quantitative estimate of drug-likeness (QED) is 0.746. The lowest BCUT2D eigenvalue weighted by atomic mass is 10.1. The van der Waals surface area contributed by atoms with Crippen LogP contribution in [-0.2, 0) is 4.79 Å². The van der Waals surface area contributed by atoms with E-state index in [0.717, 1.165) is 11.3 Å². The number of rotatable bonds is 8. The highest BCUT2D eigenvalue weighted by Gasteiger charge is 2.09. The fourth-order valence-electron chi connectivity index (χ4n) is 1.78. The summed E-state index contributed by atoms with van der Waals surface area (Å²) >= 11 is 0. The molecule has 0 saturated carbocycles. The minimum Gasteiger partial charge on any atom is -0.490 e. The lowest BCUT2D eigenvalue weighted by molar-refractivity contribution is -0.117. The molecule has 1 aromatic rings. The second kappa shape index (κ2) is 9.13. The molecule has 1 amide bonds. The zero-order valence-corrected chi connectivity index (χ0v) is 14.2. The molecule has 0 heterocycles. The summed E-state index contributed by atoms with van der Waals surface area (Å²) in [5.41, 5.74) is 0.902. The first kappa shape index (κ1) is 18.1. The molecular weight excluding hydrogens is 278 g/mol. The molecule has 1 unspecified atom stereocenters. The van der Waals surface area contributed by atoms with Crippen molar-refractivity contribution in [2.24, 2.45) is 5.92 Å². The van der Waals surface area contributed by atoms with Crippen molar-refractivity contribution in [1.29, 1.82) is 0 Å². The summed E-state index contributed by atoms with van der Waals surface area (Å²) in [5, 5.41) is 2.94. The van der Waals surface area contributed by atoms with E-state index in [1.54, 1.807) is 12.2 Å². The van der Waals surface area contributed by atoms with Gasteiger partial charge in [0.1, 0.15) is 0 Å². The molecule has 1 aromatic carbocycles. The fourth-order valence-corrected chi connectivity index (χ4v) is 1.78. The Kier molecular flexibility index (Phi) is 7.50. The minimum absolute atomic E-state index is 0.0898. The second-order valence-electron chi connectivity index (χ2n) is 5.45. The first-order valence-corrected chi connectivity index (χ1v) is 7.86. The molecule has 0 radical (unpaired) electrons. The van der Waals surface area contributed by atoms with Gasteiger partial charge in [-0.25, -0.2) is 0 Å². The van der Waals surface area contributed by atoms with Gasteiger partial charge in [-0.3, -0.25) is 4.79 Å². The van der Waals surface area contributed by atoms with Crippen LogP contribution in [0.2, 0.25) is 0 Å². The maximum absolute atomic E-state index is 11.9. The number of carbonyl (C=O) groups excluding carboxylic acids is 1. The van der Waals surface area contributed by atoms with E-state index in [0.29, 0.717) is 24.9 Å². The third kappa shape index (κ3) is 5.80. The lowest BCUT2D eigenvalue weighted by Gasteiger charge is -2.15. The van der Waals surface area contributed by atoms with Crippen molar-refractivity contribution in [3.63, 3.8) is 0 Å². The Morgan fingerprint density at radius 3 is 2.36 bits per heavy atom. The van der Waals surface area contributed by atoms with Crippen molar-refractivity contribution in [2.75, 3.05) is 13.2 Å². The maximum atomic E-state index is 11.9. The van der Waals surface area contributed by atoms with Crippen LogP contribution in [0.5, 0.6) is 11.5 Å². The van der Waals surface area contributed by atoms with Crippen molar-refractivity contribution in [3.8, 4) is 11.5 Å². The predicted molar refractivity (Wildman–Crippen MR) is 90.3 cm³/mol. The number of hydrogen-bond donors (Lipinski definition) is 1. The van der Waals surface area contributed by atoms with E-state index in [2.05, 4.69) is 19.2 Å². The van der Waals surface area contributed by atoms with Crippen molar-refractivity contribution >= 4 is 12.0 Å². The van der Waals surface area contributed by atoms with Crippen molar-refractivity contribution in [2.45, 2.75) is 40.7 Å². The highest BCUT2D eigenvalue weighted by Crippen LogP contribution is 2.28. The molecule has 122 valence electrons. The van der Waals surface area contributed by atoms with Crippen LogP contribution in [0, 0.1) is 5.92 Å². The summed E-state index contributed by atoms with van der Waals surface area (Å²) < 4.78 is 11.1. The molecule has 1 N–H and O–H groups in total. The van der Waals surface area contributed by atoms with Gasteiger partial charge in [0.15, 0.2) is 11.5 Å². The van der Waals surface area contributed by atoms with Gasteiger partial charge in [0.2, 0.25) is 5.91 Å².